The lowest BCUT2D eigenvalue weighted by atomic mass is 10.0. The van der Waals surface area contributed by atoms with Crippen LogP contribution in [0, 0.1) is 5.92 Å². The van der Waals surface area contributed by atoms with Crippen LogP contribution in [-0.2, 0) is 11.2 Å². The van der Waals surface area contributed by atoms with Gasteiger partial charge in [0.15, 0.2) is 0 Å². The minimum absolute atomic E-state index is 0.113. The fourth-order valence-electron chi connectivity index (χ4n) is 1.68. The van der Waals surface area contributed by atoms with Crippen LogP contribution in [0.15, 0.2) is 18.2 Å². The van der Waals surface area contributed by atoms with Gasteiger partial charge in [0.05, 0.1) is 16.0 Å². The van der Waals surface area contributed by atoms with E-state index in [1.807, 2.05) is 12.1 Å². The Morgan fingerprint density at radius 2 is 2.18 bits per heavy atom. The number of carbonyl (C=O) groups is 1. The van der Waals surface area contributed by atoms with Crippen molar-refractivity contribution >= 4 is 29.1 Å². The second-order valence-corrected chi connectivity index (χ2v) is 4.89. The van der Waals surface area contributed by atoms with Crippen LogP contribution in [0.25, 0.3) is 0 Å². The number of carbonyl (C=O) groups excluding carboxylic acids is 1. The van der Waals surface area contributed by atoms with Crippen molar-refractivity contribution in [3.8, 4) is 0 Å². The first-order valence-electron chi connectivity index (χ1n) is 5.60. The van der Waals surface area contributed by atoms with Gasteiger partial charge in [-0.05, 0) is 18.1 Å². The summed E-state index contributed by atoms with van der Waals surface area (Å²) in [4.78, 5) is 11.6. The molecule has 3 nitrogen and oxygen atoms in total. The zero-order valence-electron chi connectivity index (χ0n) is 9.30. The molecule has 1 aromatic carbocycles. The van der Waals surface area contributed by atoms with Gasteiger partial charge in [-0.15, -0.1) is 0 Å². The molecule has 0 spiro atoms. The molecule has 0 aromatic heterocycles. The number of nitrogens with one attached hydrogen (secondary N) is 2. The predicted octanol–water partition coefficient (Wildman–Crippen LogP) is 1.87. The van der Waals surface area contributed by atoms with Crippen molar-refractivity contribution in [2.45, 2.75) is 6.42 Å². The molecule has 0 aliphatic carbocycles. The fourth-order valence-corrected chi connectivity index (χ4v) is 2.09. The smallest absolute Gasteiger partial charge is 0.225 e. The molecular formula is C12H14Cl2N2O. The Morgan fingerprint density at radius 1 is 1.41 bits per heavy atom. The molecule has 0 radical (unpaired) electrons. The van der Waals surface area contributed by atoms with Crippen LogP contribution >= 0.6 is 23.2 Å². The largest absolute Gasteiger partial charge is 0.355 e. The molecule has 17 heavy (non-hydrogen) atoms. The summed E-state index contributed by atoms with van der Waals surface area (Å²) in [5.41, 5.74) is 0.964. The van der Waals surface area contributed by atoms with Crippen LogP contribution in [0.1, 0.15) is 5.56 Å². The molecule has 2 N–H and O–H groups in total. The van der Waals surface area contributed by atoms with Crippen molar-refractivity contribution in [1.82, 2.24) is 10.6 Å². The average molecular weight is 273 g/mol. The minimum Gasteiger partial charge on any atom is -0.355 e. The van der Waals surface area contributed by atoms with Gasteiger partial charge in [-0.2, -0.15) is 0 Å². The molecule has 0 bridgehead atoms. The monoisotopic (exact) mass is 272 g/mol. The molecule has 92 valence electrons. The van der Waals surface area contributed by atoms with Crippen molar-refractivity contribution in [2.75, 3.05) is 19.6 Å². The number of benzene rings is 1. The topological polar surface area (TPSA) is 41.1 Å². The molecule has 0 unspecified atom stereocenters. The van der Waals surface area contributed by atoms with Gasteiger partial charge in [0.1, 0.15) is 0 Å². The van der Waals surface area contributed by atoms with Crippen LogP contribution < -0.4 is 10.6 Å². The second-order valence-electron chi connectivity index (χ2n) is 4.11. The first kappa shape index (κ1) is 12.7. The average Bonchev–Trinajstić information content (AvgIpc) is 2.22. The Labute approximate surface area is 110 Å². The van der Waals surface area contributed by atoms with E-state index in [0.717, 1.165) is 18.7 Å². The van der Waals surface area contributed by atoms with E-state index in [2.05, 4.69) is 10.6 Å². The Morgan fingerprint density at radius 3 is 2.82 bits per heavy atom. The number of hydrogen-bond acceptors (Lipinski definition) is 2. The summed E-state index contributed by atoms with van der Waals surface area (Å²) in [6.07, 6.45) is 0.700. The van der Waals surface area contributed by atoms with Crippen LogP contribution in [0.2, 0.25) is 10.0 Å². The third kappa shape index (κ3) is 3.12. The van der Waals surface area contributed by atoms with E-state index in [0.29, 0.717) is 23.0 Å². The summed E-state index contributed by atoms with van der Waals surface area (Å²) in [5, 5.41) is 7.10. The fraction of sp³-hybridized carbons (Fsp3) is 0.417. The van der Waals surface area contributed by atoms with E-state index in [1.165, 1.54) is 0 Å². The highest BCUT2D eigenvalue weighted by atomic mass is 35.5. The van der Waals surface area contributed by atoms with E-state index in [4.69, 9.17) is 23.2 Å². The molecule has 0 atom stereocenters. The van der Waals surface area contributed by atoms with Crippen LogP contribution in [-0.4, -0.2) is 25.5 Å². The van der Waals surface area contributed by atoms with E-state index >= 15 is 0 Å². The summed E-state index contributed by atoms with van der Waals surface area (Å²) < 4.78 is 0. The highest BCUT2D eigenvalue weighted by Crippen LogP contribution is 2.25. The Kier molecular flexibility index (Phi) is 4.26. The zero-order valence-corrected chi connectivity index (χ0v) is 10.8. The summed E-state index contributed by atoms with van der Waals surface area (Å²) >= 11 is 12.0. The maximum Gasteiger partial charge on any atom is 0.225 e. The molecule has 1 heterocycles. The summed E-state index contributed by atoms with van der Waals surface area (Å²) in [7, 11) is 0. The summed E-state index contributed by atoms with van der Waals surface area (Å²) in [6, 6.07) is 5.54. The van der Waals surface area contributed by atoms with E-state index in [1.54, 1.807) is 6.07 Å². The Hall–Kier alpha value is -0.770. The lowest BCUT2D eigenvalue weighted by Crippen LogP contribution is -2.51. The summed E-state index contributed by atoms with van der Waals surface area (Å²) in [6.45, 7) is 2.16. The first-order chi connectivity index (χ1) is 8.18. The van der Waals surface area contributed by atoms with Gasteiger partial charge < -0.3 is 10.6 Å². The van der Waals surface area contributed by atoms with Gasteiger partial charge in [0.2, 0.25) is 5.91 Å². The molecule has 0 saturated carbocycles. The third-order valence-electron chi connectivity index (χ3n) is 2.88. The molecule has 2 rings (SSSR count). The van der Waals surface area contributed by atoms with Gasteiger partial charge >= 0.3 is 0 Å². The minimum atomic E-state index is 0.113. The maximum absolute atomic E-state index is 11.6. The SMILES string of the molecule is O=C(NCCc1cccc(Cl)c1Cl)C1CNC1. The number of halogens is 2. The number of rotatable bonds is 4. The van der Waals surface area contributed by atoms with Crippen LogP contribution in [0.5, 0.6) is 0 Å². The highest BCUT2D eigenvalue weighted by Gasteiger charge is 2.24. The van der Waals surface area contributed by atoms with Gasteiger partial charge in [0.25, 0.3) is 0 Å². The molecule has 1 aliphatic rings. The van der Waals surface area contributed by atoms with Crippen molar-refractivity contribution in [1.29, 1.82) is 0 Å². The maximum atomic E-state index is 11.6. The number of amides is 1. The lowest BCUT2D eigenvalue weighted by molar-refractivity contribution is -0.126. The van der Waals surface area contributed by atoms with Crippen LogP contribution in [0.4, 0.5) is 0 Å². The van der Waals surface area contributed by atoms with Gasteiger partial charge in [-0.3, -0.25) is 4.79 Å². The van der Waals surface area contributed by atoms with E-state index < -0.39 is 0 Å². The molecule has 1 amide bonds. The molecule has 1 aliphatic heterocycles. The summed E-state index contributed by atoms with van der Waals surface area (Å²) in [5.74, 6) is 0.242. The first-order valence-corrected chi connectivity index (χ1v) is 6.35. The lowest BCUT2D eigenvalue weighted by Gasteiger charge is -2.25. The normalized spacial score (nSPS) is 15.4. The number of hydrogen-bond donors (Lipinski definition) is 2. The van der Waals surface area contributed by atoms with Gasteiger partial charge in [0, 0.05) is 19.6 Å². The highest BCUT2D eigenvalue weighted by molar-refractivity contribution is 6.42. The predicted molar refractivity (Wildman–Crippen MR) is 69.5 cm³/mol. The standard InChI is InChI=1S/C12H14Cl2N2O/c13-10-3-1-2-8(11(10)14)4-5-16-12(17)9-6-15-7-9/h1-3,9,15H,4-7H2,(H,16,17). The molecule has 1 fully saturated rings. The van der Waals surface area contributed by atoms with E-state index in [-0.39, 0.29) is 11.8 Å². The zero-order chi connectivity index (χ0) is 12.3. The van der Waals surface area contributed by atoms with Crippen molar-refractivity contribution in [2.24, 2.45) is 5.92 Å². The molecule has 5 heteroatoms. The van der Waals surface area contributed by atoms with E-state index in [9.17, 15) is 4.79 Å². The molecular weight excluding hydrogens is 259 g/mol. The van der Waals surface area contributed by atoms with Gasteiger partial charge in [-0.25, -0.2) is 0 Å². The van der Waals surface area contributed by atoms with Crippen molar-refractivity contribution in [3.05, 3.63) is 33.8 Å². The van der Waals surface area contributed by atoms with Crippen molar-refractivity contribution in [3.63, 3.8) is 0 Å². The second kappa shape index (κ2) is 5.71. The third-order valence-corrected chi connectivity index (χ3v) is 3.74. The quantitative estimate of drug-likeness (QED) is 0.879. The Balaban J connectivity index is 1.81. The van der Waals surface area contributed by atoms with Crippen molar-refractivity contribution < 1.29 is 4.79 Å². The molecule has 1 aromatic rings. The molecule has 1 saturated heterocycles. The van der Waals surface area contributed by atoms with Crippen LogP contribution in [0.3, 0.4) is 0 Å². The van der Waals surface area contributed by atoms with Gasteiger partial charge in [-0.1, -0.05) is 35.3 Å². The Bertz CT molecular complexity index is 419.